The number of nitrogen functional groups attached to an aromatic ring is 1. The highest BCUT2D eigenvalue weighted by Crippen LogP contribution is 2.11. The van der Waals surface area contributed by atoms with Crippen LogP contribution in [0.3, 0.4) is 0 Å². The third-order valence-corrected chi connectivity index (χ3v) is 2.22. The van der Waals surface area contributed by atoms with Crippen LogP contribution in [0, 0.1) is 0 Å². The minimum Gasteiger partial charge on any atom is -0.467 e. The Morgan fingerprint density at radius 1 is 1.47 bits per heavy atom. The summed E-state index contributed by atoms with van der Waals surface area (Å²) in [4.78, 5) is 15.7. The average molecular weight is 232 g/mol. The number of hydrogen-bond donors (Lipinski definition) is 3. The van der Waals surface area contributed by atoms with Gasteiger partial charge in [-0.1, -0.05) is 0 Å². The summed E-state index contributed by atoms with van der Waals surface area (Å²) in [6, 6.07) is 5.14. The van der Waals surface area contributed by atoms with Gasteiger partial charge in [-0.25, -0.2) is 0 Å². The SMILES string of the molecule is NNc1cnccc1C(=O)NCc1ccco1. The Kier molecular flexibility index (Phi) is 3.37. The second kappa shape index (κ2) is 5.13. The van der Waals surface area contributed by atoms with Gasteiger partial charge < -0.3 is 15.2 Å². The van der Waals surface area contributed by atoms with Gasteiger partial charge in [-0.2, -0.15) is 0 Å². The first-order valence-electron chi connectivity index (χ1n) is 5.02. The highest BCUT2D eigenvalue weighted by Gasteiger charge is 2.10. The van der Waals surface area contributed by atoms with Crippen molar-refractivity contribution in [2.24, 2.45) is 5.84 Å². The van der Waals surface area contributed by atoms with Crippen molar-refractivity contribution >= 4 is 11.6 Å². The molecule has 0 radical (unpaired) electrons. The molecule has 17 heavy (non-hydrogen) atoms. The van der Waals surface area contributed by atoms with Crippen LogP contribution in [0.1, 0.15) is 16.1 Å². The normalized spacial score (nSPS) is 9.94. The van der Waals surface area contributed by atoms with Gasteiger partial charge in [0.25, 0.3) is 5.91 Å². The Labute approximate surface area is 97.8 Å². The zero-order chi connectivity index (χ0) is 12.1. The van der Waals surface area contributed by atoms with Crippen molar-refractivity contribution in [2.75, 3.05) is 5.43 Å². The molecule has 0 aliphatic rings. The first-order valence-corrected chi connectivity index (χ1v) is 5.02. The van der Waals surface area contributed by atoms with Crippen molar-refractivity contribution in [1.82, 2.24) is 10.3 Å². The molecular formula is C11H12N4O2. The Morgan fingerprint density at radius 3 is 3.06 bits per heavy atom. The third kappa shape index (κ3) is 2.61. The average Bonchev–Trinajstić information content (AvgIpc) is 2.89. The number of pyridine rings is 1. The molecule has 0 aromatic carbocycles. The molecule has 0 aliphatic heterocycles. The van der Waals surface area contributed by atoms with Gasteiger partial charge in [0, 0.05) is 6.20 Å². The van der Waals surface area contributed by atoms with Gasteiger partial charge in [0.15, 0.2) is 0 Å². The fourth-order valence-corrected chi connectivity index (χ4v) is 1.38. The van der Waals surface area contributed by atoms with Crippen LogP contribution in [0.15, 0.2) is 41.3 Å². The summed E-state index contributed by atoms with van der Waals surface area (Å²) < 4.78 is 5.11. The van der Waals surface area contributed by atoms with E-state index < -0.39 is 0 Å². The topological polar surface area (TPSA) is 93.2 Å². The lowest BCUT2D eigenvalue weighted by Crippen LogP contribution is -2.24. The zero-order valence-corrected chi connectivity index (χ0v) is 9.01. The Bertz CT molecular complexity index is 496. The van der Waals surface area contributed by atoms with Crippen LogP contribution < -0.4 is 16.6 Å². The summed E-state index contributed by atoms with van der Waals surface area (Å²) >= 11 is 0. The molecule has 0 atom stereocenters. The number of hydrogen-bond acceptors (Lipinski definition) is 5. The first-order chi connectivity index (χ1) is 8.31. The lowest BCUT2D eigenvalue weighted by molar-refractivity contribution is 0.0948. The van der Waals surface area contributed by atoms with Crippen LogP contribution in [0.2, 0.25) is 0 Å². The van der Waals surface area contributed by atoms with E-state index in [-0.39, 0.29) is 5.91 Å². The molecule has 1 amide bonds. The first kappa shape index (κ1) is 11.2. The van der Waals surface area contributed by atoms with Gasteiger partial charge in [0.2, 0.25) is 0 Å². The van der Waals surface area contributed by atoms with E-state index in [0.29, 0.717) is 23.6 Å². The molecule has 4 N–H and O–H groups in total. The third-order valence-electron chi connectivity index (χ3n) is 2.22. The summed E-state index contributed by atoms with van der Waals surface area (Å²) in [6.07, 6.45) is 4.57. The van der Waals surface area contributed by atoms with E-state index in [1.54, 1.807) is 24.5 Å². The minimum atomic E-state index is -0.239. The number of hydrazine groups is 1. The van der Waals surface area contributed by atoms with Crippen LogP contribution >= 0.6 is 0 Å². The van der Waals surface area contributed by atoms with Gasteiger partial charge >= 0.3 is 0 Å². The molecule has 2 aromatic heterocycles. The lowest BCUT2D eigenvalue weighted by atomic mass is 10.2. The number of nitrogens with two attached hydrogens (primary N) is 1. The van der Waals surface area contributed by atoms with E-state index in [1.807, 2.05) is 0 Å². The molecule has 2 aromatic rings. The van der Waals surface area contributed by atoms with Crippen LogP contribution in [-0.4, -0.2) is 10.9 Å². The standard InChI is InChI=1S/C11H12N4O2/c12-15-10-7-13-4-3-9(10)11(16)14-6-8-2-1-5-17-8/h1-5,7,15H,6,12H2,(H,14,16). The molecule has 6 nitrogen and oxygen atoms in total. The van der Waals surface area contributed by atoms with Crippen LogP contribution in [0.5, 0.6) is 0 Å². The van der Waals surface area contributed by atoms with Crippen molar-refractivity contribution in [3.05, 3.63) is 48.2 Å². The molecular weight excluding hydrogens is 220 g/mol. The van der Waals surface area contributed by atoms with Gasteiger partial charge in [0.1, 0.15) is 5.76 Å². The molecule has 6 heteroatoms. The van der Waals surface area contributed by atoms with Crippen LogP contribution in [-0.2, 0) is 6.54 Å². The van der Waals surface area contributed by atoms with Crippen molar-refractivity contribution < 1.29 is 9.21 Å². The quantitative estimate of drug-likeness (QED) is 0.537. The predicted octanol–water partition coefficient (Wildman–Crippen LogP) is 0.890. The Balaban J connectivity index is 2.04. The summed E-state index contributed by atoms with van der Waals surface area (Å²) in [6.45, 7) is 0.332. The molecule has 0 bridgehead atoms. The molecule has 0 saturated carbocycles. The Morgan fingerprint density at radius 2 is 2.35 bits per heavy atom. The van der Waals surface area contributed by atoms with E-state index in [2.05, 4.69) is 15.7 Å². The number of carbonyl (C=O) groups excluding carboxylic acids is 1. The number of furan rings is 1. The number of nitrogens with one attached hydrogen (secondary N) is 2. The van der Waals surface area contributed by atoms with E-state index >= 15 is 0 Å². The van der Waals surface area contributed by atoms with Gasteiger partial charge in [-0.05, 0) is 18.2 Å². The molecule has 2 heterocycles. The summed E-state index contributed by atoms with van der Waals surface area (Å²) in [5.41, 5.74) is 3.34. The lowest BCUT2D eigenvalue weighted by Gasteiger charge is -2.07. The monoisotopic (exact) mass is 232 g/mol. The van der Waals surface area contributed by atoms with Crippen molar-refractivity contribution in [3.8, 4) is 0 Å². The number of amides is 1. The molecule has 88 valence electrons. The number of carbonyl (C=O) groups is 1. The van der Waals surface area contributed by atoms with Crippen molar-refractivity contribution in [3.63, 3.8) is 0 Å². The number of rotatable bonds is 4. The second-order valence-electron chi connectivity index (χ2n) is 3.33. The molecule has 0 unspecified atom stereocenters. The van der Waals surface area contributed by atoms with Crippen molar-refractivity contribution in [2.45, 2.75) is 6.54 Å². The summed E-state index contributed by atoms with van der Waals surface area (Å²) in [5, 5.41) is 2.72. The fourth-order valence-electron chi connectivity index (χ4n) is 1.38. The largest absolute Gasteiger partial charge is 0.467 e. The van der Waals surface area contributed by atoms with Gasteiger partial charge in [0.05, 0.1) is 30.3 Å². The van der Waals surface area contributed by atoms with Crippen LogP contribution in [0.25, 0.3) is 0 Å². The van der Waals surface area contributed by atoms with E-state index in [0.717, 1.165) is 0 Å². The fraction of sp³-hybridized carbons (Fsp3) is 0.0909. The van der Waals surface area contributed by atoms with Gasteiger partial charge in [-0.3, -0.25) is 15.6 Å². The highest BCUT2D eigenvalue weighted by atomic mass is 16.3. The van der Waals surface area contributed by atoms with E-state index in [9.17, 15) is 4.79 Å². The second-order valence-corrected chi connectivity index (χ2v) is 3.33. The van der Waals surface area contributed by atoms with Crippen molar-refractivity contribution in [1.29, 1.82) is 0 Å². The maximum Gasteiger partial charge on any atom is 0.253 e. The number of anilines is 1. The van der Waals surface area contributed by atoms with E-state index in [1.165, 1.54) is 12.4 Å². The maximum atomic E-state index is 11.8. The molecule has 2 rings (SSSR count). The van der Waals surface area contributed by atoms with Gasteiger partial charge in [-0.15, -0.1) is 0 Å². The molecule has 0 saturated heterocycles. The minimum absolute atomic E-state index is 0.239. The molecule has 0 fully saturated rings. The Hall–Kier alpha value is -2.34. The molecule has 0 spiro atoms. The maximum absolute atomic E-state index is 11.8. The summed E-state index contributed by atoms with van der Waals surface area (Å²) in [7, 11) is 0. The smallest absolute Gasteiger partial charge is 0.253 e. The van der Waals surface area contributed by atoms with E-state index in [4.69, 9.17) is 10.3 Å². The predicted molar refractivity (Wildman–Crippen MR) is 61.9 cm³/mol. The summed E-state index contributed by atoms with van der Waals surface area (Å²) in [5.74, 6) is 5.74. The highest BCUT2D eigenvalue weighted by molar-refractivity contribution is 5.99. The number of aromatic nitrogens is 1. The number of nitrogens with zero attached hydrogens (tertiary/aromatic N) is 1. The van der Waals surface area contributed by atoms with Crippen LogP contribution in [0.4, 0.5) is 5.69 Å². The molecule has 0 aliphatic carbocycles. The zero-order valence-electron chi connectivity index (χ0n) is 9.01.